The molecule has 4 rings (SSSR count). The molecule has 2 aromatic rings. The summed E-state index contributed by atoms with van der Waals surface area (Å²) >= 11 is 0. The number of hydrogen-bond acceptors (Lipinski definition) is 5. The standard InChI is InChI=1S/C24H29NO4/c1-3-29-23(26)19-13-14-25(15-20(19)18-9-5-4-6-10-18)24(16-28-17-24)21-11-7-8-12-22(21)27-2/h4-12,19-20H,3,13-17H2,1-2H3/t19-,20+/m1/s1. The maximum Gasteiger partial charge on any atom is 0.309 e. The monoisotopic (exact) mass is 395 g/mol. The van der Waals surface area contributed by atoms with Crippen molar-refractivity contribution < 1.29 is 19.0 Å². The first-order valence-corrected chi connectivity index (χ1v) is 10.4. The van der Waals surface area contributed by atoms with Gasteiger partial charge in [-0.2, -0.15) is 0 Å². The molecule has 2 fully saturated rings. The smallest absolute Gasteiger partial charge is 0.309 e. The largest absolute Gasteiger partial charge is 0.496 e. The Morgan fingerprint density at radius 3 is 2.52 bits per heavy atom. The number of nitrogens with zero attached hydrogens (tertiary/aromatic N) is 1. The number of methoxy groups -OCH3 is 1. The van der Waals surface area contributed by atoms with Crippen molar-refractivity contribution in [3.63, 3.8) is 0 Å². The Labute approximate surface area is 172 Å². The number of rotatable bonds is 6. The van der Waals surface area contributed by atoms with Gasteiger partial charge in [0.1, 0.15) is 5.75 Å². The number of carbonyl (C=O) groups excluding carboxylic acids is 1. The van der Waals surface area contributed by atoms with Crippen LogP contribution >= 0.6 is 0 Å². The summed E-state index contributed by atoms with van der Waals surface area (Å²) in [7, 11) is 1.71. The number of carbonyl (C=O) groups is 1. The molecular formula is C24H29NO4. The molecule has 0 radical (unpaired) electrons. The van der Waals surface area contributed by atoms with Crippen LogP contribution in [0.5, 0.6) is 5.75 Å². The Balaban J connectivity index is 1.66. The molecule has 0 bridgehead atoms. The fourth-order valence-electron chi connectivity index (χ4n) is 4.74. The van der Waals surface area contributed by atoms with Crippen LogP contribution in [0.1, 0.15) is 30.4 Å². The molecule has 29 heavy (non-hydrogen) atoms. The van der Waals surface area contributed by atoms with Gasteiger partial charge in [0.15, 0.2) is 0 Å². The van der Waals surface area contributed by atoms with Crippen LogP contribution in [0, 0.1) is 5.92 Å². The summed E-state index contributed by atoms with van der Waals surface area (Å²) < 4.78 is 16.8. The predicted octanol–water partition coefficient (Wildman–Crippen LogP) is 3.59. The lowest BCUT2D eigenvalue weighted by Gasteiger charge is -2.53. The lowest BCUT2D eigenvalue weighted by atomic mass is 9.76. The van der Waals surface area contributed by atoms with E-state index in [2.05, 4.69) is 29.2 Å². The highest BCUT2D eigenvalue weighted by Gasteiger charge is 2.50. The van der Waals surface area contributed by atoms with Gasteiger partial charge in [-0.1, -0.05) is 48.5 Å². The topological polar surface area (TPSA) is 48.0 Å². The van der Waals surface area contributed by atoms with Crippen LogP contribution in [-0.2, 0) is 19.8 Å². The first-order valence-electron chi connectivity index (χ1n) is 10.4. The summed E-state index contributed by atoms with van der Waals surface area (Å²) in [6.07, 6.45) is 0.773. The zero-order valence-electron chi connectivity index (χ0n) is 17.2. The minimum atomic E-state index is -0.209. The van der Waals surface area contributed by atoms with E-state index < -0.39 is 0 Å². The molecule has 154 valence electrons. The van der Waals surface area contributed by atoms with E-state index in [9.17, 15) is 4.79 Å². The van der Waals surface area contributed by atoms with Gasteiger partial charge in [0.2, 0.25) is 0 Å². The second-order valence-electron chi connectivity index (χ2n) is 7.84. The Morgan fingerprint density at radius 2 is 1.86 bits per heavy atom. The third-order valence-corrected chi connectivity index (χ3v) is 6.33. The van der Waals surface area contributed by atoms with Crippen LogP contribution in [0.15, 0.2) is 54.6 Å². The van der Waals surface area contributed by atoms with E-state index in [1.165, 1.54) is 5.56 Å². The van der Waals surface area contributed by atoms with Crippen LogP contribution in [0.4, 0.5) is 0 Å². The van der Waals surface area contributed by atoms with E-state index in [0.29, 0.717) is 19.8 Å². The molecule has 5 nitrogen and oxygen atoms in total. The minimum absolute atomic E-state index is 0.0859. The van der Waals surface area contributed by atoms with E-state index in [4.69, 9.17) is 14.2 Å². The van der Waals surface area contributed by atoms with E-state index in [1.54, 1.807) is 7.11 Å². The summed E-state index contributed by atoms with van der Waals surface area (Å²) in [5, 5.41) is 0. The van der Waals surface area contributed by atoms with Crippen LogP contribution in [-0.4, -0.2) is 50.9 Å². The first kappa shape index (κ1) is 19.9. The second kappa shape index (κ2) is 8.56. The molecule has 0 saturated carbocycles. The van der Waals surface area contributed by atoms with Gasteiger partial charge in [0.25, 0.3) is 0 Å². The maximum atomic E-state index is 12.7. The average molecular weight is 395 g/mol. The van der Waals surface area contributed by atoms with Crippen molar-refractivity contribution >= 4 is 5.97 Å². The number of ether oxygens (including phenoxy) is 3. The normalized spacial score (nSPS) is 23.8. The Kier molecular flexibility index (Phi) is 5.88. The molecule has 0 aliphatic carbocycles. The van der Waals surface area contributed by atoms with Gasteiger partial charge in [-0.05, 0) is 25.0 Å². The fraction of sp³-hybridized carbons (Fsp3) is 0.458. The summed E-state index contributed by atoms with van der Waals surface area (Å²) in [6, 6.07) is 18.5. The highest BCUT2D eigenvalue weighted by atomic mass is 16.5. The first-order chi connectivity index (χ1) is 14.2. The van der Waals surface area contributed by atoms with Crippen molar-refractivity contribution in [2.24, 2.45) is 5.92 Å². The molecule has 2 aliphatic heterocycles. The van der Waals surface area contributed by atoms with Crippen molar-refractivity contribution in [1.82, 2.24) is 4.90 Å². The van der Waals surface area contributed by atoms with Crippen molar-refractivity contribution in [3.05, 3.63) is 65.7 Å². The van der Waals surface area contributed by atoms with Gasteiger partial charge in [-0.25, -0.2) is 0 Å². The van der Waals surface area contributed by atoms with Crippen LogP contribution < -0.4 is 4.74 Å². The Bertz CT molecular complexity index is 834. The van der Waals surface area contributed by atoms with Crippen molar-refractivity contribution in [2.45, 2.75) is 24.8 Å². The highest BCUT2D eigenvalue weighted by Crippen LogP contribution is 2.45. The molecule has 0 aromatic heterocycles. The van der Waals surface area contributed by atoms with E-state index in [-0.39, 0.29) is 23.3 Å². The number of hydrogen-bond donors (Lipinski definition) is 0. The number of esters is 1. The van der Waals surface area contributed by atoms with Gasteiger partial charge in [0, 0.05) is 24.6 Å². The van der Waals surface area contributed by atoms with E-state index in [0.717, 1.165) is 30.8 Å². The zero-order chi connectivity index (χ0) is 20.3. The molecule has 2 atom stereocenters. The van der Waals surface area contributed by atoms with Crippen molar-refractivity contribution in [3.8, 4) is 5.75 Å². The molecule has 5 heteroatoms. The predicted molar refractivity (Wildman–Crippen MR) is 111 cm³/mol. The quantitative estimate of drug-likeness (QED) is 0.700. The molecular weight excluding hydrogens is 366 g/mol. The summed E-state index contributed by atoms with van der Waals surface area (Å²) in [5.74, 6) is 0.775. The summed E-state index contributed by atoms with van der Waals surface area (Å²) in [4.78, 5) is 15.2. The molecule has 0 N–H and O–H groups in total. The van der Waals surface area contributed by atoms with Gasteiger partial charge in [-0.3, -0.25) is 9.69 Å². The number of likely N-dealkylation sites (tertiary alicyclic amines) is 1. The summed E-state index contributed by atoms with van der Waals surface area (Å²) in [6.45, 7) is 5.17. The van der Waals surface area contributed by atoms with Crippen molar-refractivity contribution in [2.75, 3.05) is 40.0 Å². The molecule has 0 amide bonds. The molecule has 2 aliphatic rings. The number of para-hydroxylation sites is 1. The lowest BCUT2D eigenvalue weighted by Crippen LogP contribution is -2.62. The molecule has 0 spiro atoms. The highest BCUT2D eigenvalue weighted by molar-refractivity contribution is 5.74. The molecule has 2 saturated heterocycles. The number of benzene rings is 2. The van der Waals surface area contributed by atoms with E-state index >= 15 is 0 Å². The Morgan fingerprint density at radius 1 is 1.14 bits per heavy atom. The van der Waals surface area contributed by atoms with Crippen LogP contribution in [0.25, 0.3) is 0 Å². The second-order valence-corrected chi connectivity index (χ2v) is 7.84. The van der Waals surface area contributed by atoms with Crippen molar-refractivity contribution in [1.29, 1.82) is 0 Å². The SMILES string of the molecule is CCOC(=O)[C@@H]1CCN(C2(c3ccccc3OC)COC2)C[C@H]1c1ccccc1. The van der Waals surface area contributed by atoms with Crippen LogP contribution in [0.2, 0.25) is 0 Å². The minimum Gasteiger partial charge on any atom is -0.496 e. The third-order valence-electron chi connectivity index (χ3n) is 6.33. The Hall–Kier alpha value is -2.37. The average Bonchev–Trinajstić information content (AvgIpc) is 2.74. The van der Waals surface area contributed by atoms with Gasteiger partial charge in [0.05, 0.1) is 38.4 Å². The summed E-state index contributed by atoms with van der Waals surface area (Å²) in [5.41, 5.74) is 2.14. The van der Waals surface area contributed by atoms with Gasteiger partial charge < -0.3 is 14.2 Å². The zero-order valence-corrected chi connectivity index (χ0v) is 17.2. The molecule has 2 heterocycles. The van der Waals surface area contributed by atoms with E-state index in [1.807, 2.05) is 37.3 Å². The lowest BCUT2D eigenvalue weighted by molar-refractivity contribution is -0.166. The third kappa shape index (κ3) is 3.65. The van der Waals surface area contributed by atoms with Gasteiger partial charge in [-0.15, -0.1) is 0 Å². The molecule has 2 aromatic carbocycles. The number of piperidine rings is 1. The van der Waals surface area contributed by atoms with Gasteiger partial charge >= 0.3 is 5.97 Å². The maximum absolute atomic E-state index is 12.7. The molecule has 0 unspecified atom stereocenters. The fourth-order valence-corrected chi connectivity index (χ4v) is 4.74. The van der Waals surface area contributed by atoms with Crippen LogP contribution in [0.3, 0.4) is 0 Å².